The van der Waals surface area contributed by atoms with Crippen molar-refractivity contribution in [1.29, 1.82) is 0 Å². The second-order valence-electron chi connectivity index (χ2n) is 5.22. The van der Waals surface area contributed by atoms with Crippen LogP contribution < -0.4 is 5.32 Å². The van der Waals surface area contributed by atoms with Gasteiger partial charge in [-0.15, -0.1) is 0 Å². The van der Waals surface area contributed by atoms with Gasteiger partial charge in [0.2, 0.25) is 0 Å². The van der Waals surface area contributed by atoms with Crippen LogP contribution in [0.4, 0.5) is 0 Å². The van der Waals surface area contributed by atoms with Crippen LogP contribution in [0.1, 0.15) is 33.6 Å². The summed E-state index contributed by atoms with van der Waals surface area (Å²) >= 11 is 3.46. The maximum atomic E-state index is 12.4. The summed E-state index contributed by atoms with van der Waals surface area (Å²) < 4.78 is 0.842. The number of carbonyl (C=O) groups excluding carboxylic acids is 1. The maximum Gasteiger partial charge on any atom is 0.252 e. The van der Waals surface area contributed by atoms with Crippen molar-refractivity contribution in [1.82, 2.24) is 15.5 Å². The van der Waals surface area contributed by atoms with Crippen molar-refractivity contribution in [2.24, 2.45) is 0 Å². The first-order valence-corrected chi connectivity index (χ1v) is 7.51. The van der Waals surface area contributed by atoms with Crippen LogP contribution in [0.5, 0.6) is 0 Å². The molecule has 1 amide bonds. The average Bonchev–Trinajstić information content (AvgIpc) is 2.85. The van der Waals surface area contributed by atoms with Gasteiger partial charge in [-0.3, -0.25) is 9.89 Å². The first-order valence-electron chi connectivity index (χ1n) is 6.72. The van der Waals surface area contributed by atoms with Gasteiger partial charge in [0, 0.05) is 16.2 Å². The summed E-state index contributed by atoms with van der Waals surface area (Å²) in [6.07, 6.45) is 4.60. The monoisotopic (exact) mass is 333 g/mol. The molecular weight excluding hydrogens is 318 g/mol. The highest BCUT2D eigenvalue weighted by molar-refractivity contribution is 9.10. The molecule has 1 aromatic heterocycles. The minimum Gasteiger partial charge on any atom is -0.349 e. The van der Waals surface area contributed by atoms with Gasteiger partial charge in [0.05, 0.1) is 11.8 Å². The van der Waals surface area contributed by atoms with Crippen LogP contribution in [-0.2, 0) is 12.8 Å². The number of nitrogens with zero attached hydrogens (tertiary/aromatic N) is 1. The van der Waals surface area contributed by atoms with Crippen LogP contribution in [0.15, 0.2) is 28.9 Å². The second kappa shape index (κ2) is 5.40. The van der Waals surface area contributed by atoms with Crippen LogP contribution in [0.25, 0.3) is 0 Å². The van der Waals surface area contributed by atoms with Gasteiger partial charge in [0.15, 0.2) is 0 Å². The summed E-state index contributed by atoms with van der Waals surface area (Å²) in [5.41, 5.74) is 4.13. The molecule has 0 spiro atoms. The maximum absolute atomic E-state index is 12.4. The molecule has 0 fully saturated rings. The van der Waals surface area contributed by atoms with Crippen LogP contribution in [0, 0.1) is 6.92 Å². The van der Waals surface area contributed by atoms with Gasteiger partial charge in [-0.25, -0.2) is 0 Å². The zero-order valence-corrected chi connectivity index (χ0v) is 12.8. The fourth-order valence-corrected chi connectivity index (χ4v) is 3.36. The summed E-state index contributed by atoms with van der Waals surface area (Å²) in [4.78, 5) is 12.4. The van der Waals surface area contributed by atoms with Gasteiger partial charge in [-0.1, -0.05) is 12.1 Å². The van der Waals surface area contributed by atoms with Crippen molar-refractivity contribution in [3.05, 3.63) is 51.3 Å². The lowest BCUT2D eigenvalue weighted by atomic mass is 9.93. The highest BCUT2D eigenvalue weighted by atomic mass is 79.9. The quantitative estimate of drug-likeness (QED) is 0.887. The first kappa shape index (κ1) is 13.4. The Morgan fingerprint density at radius 3 is 3.15 bits per heavy atom. The van der Waals surface area contributed by atoms with Crippen molar-refractivity contribution in [3.8, 4) is 0 Å². The zero-order chi connectivity index (χ0) is 14.1. The van der Waals surface area contributed by atoms with Gasteiger partial charge in [0.1, 0.15) is 0 Å². The number of benzene rings is 1. The van der Waals surface area contributed by atoms with Crippen molar-refractivity contribution >= 4 is 21.8 Å². The molecule has 5 heteroatoms. The summed E-state index contributed by atoms with van der Waals surface area (Å²) in [6, 6.07) is 5.97. The Labute approximate surface area is 126 Å². The highest BCUT2D eigenvalue weighted by Gasteiger charge is 2.23. The number of fused-ring (bicyclic) bond motifs is 1. The second-order valence-corrected chi connectivity index (χ2v) is 6.07. The molecule has 104 valence electrons. The zero-order valence-electron chi connectivity index (χ0n) is 11.2. The Morgan fingerprint density at radius 1 is 1.50 bits per heavy atom. The molecule has 1 atom stereocenters. The predicted molar refractivity (Wildman–Crippen MR) is 80.7 cm³/mol. The summed E-state index contributed by atoms with van der Waals surface area (Å²) in [6.45, 7) is 1.95. The normalized spacial score (nSPS) is 17.6. The number of rotatable bonds is 2. The van der Waals surface area contributed by atoms with Crippen LogP contribution in [0.3, 0.4) is 0 Å². The van der Waals surface area contributed by atoms with Crippen LogP contribution in [-0.4, -0.2) is 22.1 Å². The van der Waals surface area contributed by atoms with Crippen molar-refractivity contribution in [2.45, 2.75) is 32.2 Å². The number of carbonyl (C=O) groups is 1. The molecule has 0 saturated heterocycles. The van der Waals surface area contributed by atoms with E-state index in [9.17, 15) is 4.79 Å². The van der Waals surface area contributed by atoms with E-state index in [4.69, 9.17) is 0 Å². The van der Waals surface area contributed by atoms with Crippen LogP contribution >= 0.6 is 15.9 Å². The molecule has 0 bridgehead atoms. The predicted octanol–water partition coefficient (Wildman–Crippen LogP) is 2.77. The van der Waals surface area contributed by atoms with Gasteiger partial charge in [0.25, 0.3) is 5.91 Å². The van der Waals surface area contributed by atoms with E-state index in [0.29, 0.717) is 0 Å². The molecule has 2 aromatic rings. The number of aromatic nitrogens is 2. The smallest absolute Gasteiger partial charge is 0.252 e. The number of amides is 1. The number of halogens is 1. The molecule has 0 radical (unpaired) electrons. The molecule has 0 aliphatic heterocycles. The molecule has 1 aliphatic rings. The van der Waals surface area contributed by atoms with Crippen molar-refractivity contribution in [3.63, 3.8) is 0 Å². The Morgan fingerprint density at radius 2 is 2.35 bits per heavy atom. The van der Waals surface area contributed by atoms with E-state index in [0.717, 1.165) is 34.9 Å². The SMILES string of the molecule is Cc1cccc(Br)c1C(=O)NC1CCc2[nH]ncc2C1. The summed E-state index contributed by atoms with van der Waals surface area (Å²) in [7, 11) is 0. The number of H-pyrrole nitrogens is 1. The molecule has 1 heterocycles. The van der Waals surface area contributed by atoms with Crippen molar-refractivity contribution < 1.29 is 4.79 Å². The standard InChI is InChI=1S/C15H16BrN3O/c1-9-3-2-4-12(16)14(9)15(20)18-11-5-6-13-10(7-11)8-17-19-13/h2-4,8,11H,5-7H2,1H3,(H,17,19)(H,18,20). The van der Waals surface area contributed by atoms with E-state index in [2.05, 4.69) is 31.4 Å². The van der Waals surface area contributed by atoms with Crippen molar-refractivity contribution in [2.75, 3.05) is 0 Å². The van der Waals surface area contributed by atoms with Crippen LogP contribution in [0.2, 0.25) is 0 Å². The molecule has 3 rings (SSSR count). The number of aromatic amines is 1. The molecule has 1 unspecified atom stereocenters. The Balaban J connectivity index is 1.74. The third-order valence-corrected chi connectivity index (χ3v) is 4.46. The molecule has 1 aromatic carbocycles. The minimum atomic E-state index is -0.00748. The average molecular weight is 334 g/mol. The number of nitrogens with one attached hydrogen (secondary N) is 2. The first-order chi connectivity index (χ1) is 9.65. The Kier molecular flexibility index (Phi) is 3.61. The van der Waals surface area contributed by atoms with E-state index in [1.165, 1.54) is 11.3 Å². The number of hydrogen-bond acceptors (Lipinski definition) is 2. The fourth-order valence-electron chi connectivity index (χ4n) is 2.72. The molecule has 4 nitrogen and oxygen atoms in total. The number of hydrogen-bond donors (Lipinski definition) is 2. The largest absolute Gasteiger partial charge is 0.349 e. The summed E-state index contributed by atoms with van der Waals surface area (Å²) in [5, 5.41) is 10.2. The third kappa shape index (κ3) is 2.50. The lowest BCUT2D eigenvalue weighted by molar-refractivity contribution is 0.0932. The highest BCUT2D eigenvalue weighted by Crippen LogP contribution is 2.22. The number of aryl methyl sites for hydroxylation is 2. The molecular formula is C15H16BrN3O. The fraction of sp³-hybridized carbons (Fsp3) is 0.333. The van der Waals surface area contributed by atoms with Gasteiger partial charge < -0.3 is 5.32 Å². The Hall–Kier alpha value is -1.62. The molecule has 2 N–H and O–H groups in total. The van der Waals surface area contributed by atoms with E-state index < -0.39 is 0 Å². The van der Waals surface area contributed by atoms with E-state index >= 15 is 0 Å². The summed E-state index contributed by atoms with van der Waals surface area (Å²) in [5.74, 6) is -0.00748. The van der Waals surface area contributed by atoms with Gasteiger partial charge >= 0.3 is 0 Å². The molecule has 0 saturated carbocycles. The third-order valence-electron chi connectivity index (χ3n) is 3.80. The van der Waals surface area contributed by atoms with Gasteiger partial charge in [-0.2, -0.15) is 5.10 Å². The lowest BCUT2D eigenvalue weighted by Gasteiger charge is -2.23. The molecule has 1 aliphatic carbocycles. The molecule has 20 heavy (non-hydrogen) atoms. The van der Waals surface area contributed by atoms with E-state index in [1.807, 2.05) is 31.3 Å². The topological polar surface area (TPSA) is 57.8 Å². The minimum absolute atomic E-state index is 0.00748. The van der Waals surface area contributed by atoms with E-state index in [1.54, 1.807) is 0 Å². The van der Waals surface area contributed by atoms with Gasteiger partial charge in [-0.05, 0) is 59.3 Å². The lowest BCUT2D eigenvalue weighted by Crippen LogP contribution is -2.39. The Bertz CT molecular complexity index is 630. The van der Waals surface area contributed by atoms with E-state index in [-0.39, 0.29) is 11.9 Å².